The Labute approximate surface area is 316 Å². The highest BCUT2D eigenvalue weighted by Crippen LogP contribution is 2.45. The van der Waals surface area contributed by atoms with Gasteiger partial charge >= 0.3 is 6.01 Å². The minimum absolute atomic E-state index is 0.0423. The van der Waals surface area contributed by atoms with Gasteiger partial charge in [0.15, 0.2) is 12.6 Å². The lowest BCUT2D eigenvalue weighted by Crippen LogP contribution is -2.43. The number of rotatable bonds is 12. The number of halogens is 2. The molecule has 54 heavy (non-hydrogen) atoms. The van der Waals surface area contributed by atoms with Crippen LogP contribution in [0.25, 0.3) is 32.9 Å². The van der Waals surface area contributed by atoms with Crippen molar-refractivity contribution in [1.29, 1.82) is 0 Å². The van der Waals surface area contributed by atoms with E-state index < -0.39 is 30.7 Å². The van der Waals surface area contributed by atoms with Crippen molar-refractivity contribution in [3.8, 4) is 34.5 Å². The molecule has 1 atom stereocenters. The maximum absolute atomic E-state index is 17.4. The van der Waals surface area contributed by atoms with Gasteiger partial charge in [-0.05, 0) is 60.0 Å². The standard InChI is InChI=1S/C41H50F2N4O6Si/c1-25(2)54(26(3)4,27(5)6)16-11-30-33(42)10-9-28-17-29(53-24-50-8)18-31(34(28)30)36-35(43)37-32(19-44-36)38(47-14-15-51-22-40(7,49)20-47)46-39(45-37)52-23-41(21-48)12-13-41/h9-10,17-19,21,25-27,49H,12-15,20,22-24H2,1-8H3. The van der Waals surface area contributed by atoms with Crippen LogP contribution >= 0.6 is 0 Å². The summed E-state index contributed by atoms with van der Waals surface area (Å²) in [5.74, 6) is 2.64. The van der Waals surface area contributed by atoms with Gasteiger partial charge in [-0.3, -0.25) is 4.98 Å². The van der Waals surface area contributed by atoms with Crippen LogP contribution in [0.5, 0.6) is 11.8 Å². The number of benzene rings is 2. The average molecular weight is 761 g/mol. The second-order valence-corrected chi connectivity index (χ2v) is 21.5. The van der Waals surface area contributed by atoms with E-state index in [-0.39, 0.29) is 60.3 Å². The van der Waals surface area contributed by atoms with Gasteiger partial charge in [0.2, 0.25) is 0 Å². The maximum Gasteiger partial charge on any atom is 0.319 e. The summed E-state index contributed by atoms with van der Waals surface area (Å²) in [4.78, 5) is 27.4. The van der Waals surface area contributed by atoms with Gasteiger partial charge in [0, 0.05) is 30.8 Å². The van der Waals surface area contributed by atoms with Crippen molar-refractivity contribution in [2.75, 3.05) is 51.7 Å². The molecule has 2 aromatic carbocycles. The van der Waals surface area contributed by atoms with Crippen molar-refractivity contribution in [2.45, 2.75) is 83.5 Å². The molecule has 2 aliphatic rings. The highest BCUT2D eigenvalue weighted by molar-refractivity contribution is 6.90. The number of aromatic nitrogens is 3. The molecule has 2 aromatic heterocycles. The Morgan fingerprint density at radius 2 is 1.80 bits per heavy atom. The Morgan fingerprint density at radius 3 is 2.44 bits per heavy atom. The molecule has 13 heteroatoms. The van der Waals surface area contributed by atoms with Crippen LogP contribution in [0.4, 0.5) is 14.6 Å². The first-order valence-corrected chi connectivity index (χ1v) is 20.8. The van der Waals surface area contributed by atoms with Gasteiger partial charge < -0.3 is 33.7 Å². The number of β-amino-alcohol motifs (C(OH)–C–C–N with tert-alkyl or cyclic N) is 1. The SMILES string of the molecule is COCOc1cc(-c2ncc3c(N4CCOCC(C)(O)C4)nc(OCC4(C=O)CC4)nc3c2F)c2c(C#C[Si](C(C)C)(C(C)C)C(C)C)c(F)ccc2c1. The molecule has 2 fully saturated rings. The van der Waals surface area contributed by atoms with Crippen LogP contribution in [0.2, 0.25) is 16.6 Å². The van der Waals surface area contributed by atoms with E-state index in [0.29, 0.717) is 65.0 Å². The number of fused-ring (bicyclic) bond motifs is 2. The maximum atomic E-state index is 17.4. The van der Waals surface area contributed by atoms with Gasteiger partial charge in [-0.2, -0.15) is 9.97 Å². The first-order chi connectivity index (χ1) is 25.6. The van der Waals surface area contributed by atoms with Crippen LogP contribution in [0, 0.1) is 28.5 Å². The van der Waals surface area contributed by atoms with E-state index in [2.05, 4.69) is 68.0 Å². The molecule has 0 amide bonds. The summed E-state index contributed by atoms with van der Waals surface area (Å²) in [6.45, 7) is 15.7. The van der Waals surface area contributed by atoms with E-state index in [1.165, 1.54) is 19.4 Å². The number of ether oxygens (including phenoxy) is 4. The first kappa shape index (κ1) is 39.5. The summed E-state index contributed by atoms with van der Waals surface area (Å²) in [6, 6.07) is 6.24. The smallest absolute Gasteiger partial charge is 0.319 e. The summed E-state index contributed by atoms with van der Waals surface area (Å²) in [5.41, 5.74) is 2.95. The second-order valence-electron chi connectivity index (χ2n) is 15.9. The Hall–Kier alpha value is -4.22. The molecule has 288 valence electrons. The summed E-state index contributed by atoms with van der Waals surface area (Å²) in [7, 11) is -0.802. The van der Waals surface area contributed by atoms with Gasteiger partial charge in [-0.15, -0.1) is 5.54 Å². The number of aliphatic hydroxyl groups is 1. The summed E-state index contributed by atoms with van der Waals surface area (Å²) in [6.07, 6.45) is 3.71. The van der Waals surface area contributed by atoms with Crippen LogP contribution in [0.15, 0.2) is 30.5 Å². The Balaban J connectivity index is 1.61. The lowest BCUT2D eigenvalue weighted by atomic mass is 9.95. The molecule has 1 aliphatic heterocycles. The summed E-state index contributed by atoms with van der Waals surface area (Å²) in [5, 5.41) is 12.3. The fraction of sp³-hybridized carbons (Fsp3) is 0.512. The van der Waals surface area contributed by atoms with Crippen molar-refractivity contribution in [2.24, 2.45) is 5.41 Å². The molecule has 1 saturated heterocycles. The topological polar surface area (TPSA) is 116 Å². The zero-order valence-electron chi connectivity index (χ0n) is 32.4. The van der Waals surface area contributed by atoms with Crippen molar-refractivity contribution < 1.29 is 37.6 Å². The number of carbonyl (C=O) groups excluding carboxylic acids is 1. The minimum Gasteiger partial charge on any atom is -0.468 e. The van der Waals surface area contributed by atoms with Crippen LogP contribution in [0.1, 0.15) is 66.9 Å². The van der Waals surface area contributed by atoms with Gasteiger partial charge in [0.05, 0.1) is 36.1 Å². The highest BCUT2D eigenvalue weighted by Gasteiger charge is 2.44. The molecular formula is C41H50F2N4O6Si. The van der Waals surface area contributed by atoms with E-state index in [4.69, 9.17) is 18.9 Å². The Kier molecular flexibility index (Phi) is 11.3. The zero-order chi connectivity index (χ0) is 39.0. The molecule has 4 aromatic rings. The fourth-order valence-corrected chi connectivity index (χ4v) is 13.1. The lowest BCUT2D eigenvalue weighted by molar-refractivity contribution is -0.113. The number of hydrogen-bond acceptors (Lipinski definition) is 10. The molecule has 1 N–H and O–H groups in total. The van der Waals surface area contributed by atoms with Crippen molar-refractivity contribution in [1.82, 2.24) is 15.0 Å². The third-order valence-electron chi connectivity index (χ3n) is 10.9. The number of methoxy groups -OCH3 is 1. The number of pyridine rings is 1. The zero-order valence-corrected chi connectivity index (χ0v) is 33.4. The van der Waals surface area contributed by atoms with E-state index in [1.807, 2.05) is 0 Å². The molecule has 1 aliphatic carbocycles. The molecule has 10 nitrogen and oxygen atoms in total. The highest BCUT2D eigenvalue weighted by atomic mass is 28.3. The Bertz CT molecular complexity index is 2090. The van der Waals surface area contributed by atoms with Gasteiger partial charge in [-0.25, -0.2) is 8.78 Å². The van der Waals surface area contributed by atoms with E-state index in [1.54, 1.807) is 30.0 Å². The minimum atomic E-state index is -2.30. The average Bonchev–Trinajstić information content (AvgIpc) is 3.94. The molecule has 0 spiro atoms. The molecule has 1 unspecified atom stereocenters. The summed E-state index contributed by atoms with van der Waals surface area (Å²) < 4.78 is 56.1. The normalized spacial score (nSPS) is 18.6. The number of hydrogen-bond donors (Lipinski definition) is 1. The monoisotopic (exact) mass is 760 g/mol. The molecule has 1 saturated carbocycles. The lowest BCUT2D eigenvalue weighted by Gasteiger charge is -2.38. The predicted octanol–water partition coefficient (Wildman–Crippen LogP) is 7.62. The van der Waals surface area contributed by atoms with Crippen LogP contribution in [-0.2, 0) is 14.3 Å². The van der Waals surface area contributed by atoms with Gasteiger partial charge in [0.25, 0.3) is 0 Å². The van der Waals surface area contributed by atoms with Gasteiger partial charge in [0.1, 0.15) is 55.2 Å². The third-order valence-corrected chi connectivity index (χ3v) is 17.2. The molecule has 0 radical (unpaired) electrons. The van der Waals surface area contributed by atoms with Crippen molar-refractivity contribution >= 4 is 41.9 Å². The quantitative estimate of drug-likeness (QED) is 0.0670. The van der Waals surface area contributed by atoms with Crippen molar-refractivity contribution in [3.05, 3.63) is 47.7 Å². The largest absolute Gasteiger partial charge is 0.468 e. The number of nitrogens with zero attached hydrogens (tertiary/aromatic N) is 4. The van der Waals surface area contributed by atoms with Gasteiger partial charge in [-0.1, -0.05) is 53.5 Å². The van der Waals surface area contributed by atoms with E-state index >= 15 is 8.78 Å². The predicted molar refractivity (Wildman–Crippen MR) is 208 cm³/mol. The summed E-state index contributed by atoms with van der Waals surface area (Å²) >= 11 is 0. The molecule has 0 bridgehead atoms. The second kappa shape index (κ2) is 15.5. The van der Waals surface area contributed by atoms with Crippen LogP contribution in [-0.4, -0.2) is 86.8 Å². The fourth-order valence-electron chi connectivity index (χ4n) is 7.90. The molecule has 3 heterocycles. The first-order valence-electron chi connectivity index (χ1n) is 18.6. The van der Waals surface area contributed by atoms with Crippen LogP contribution < -0.4 is 14.4 Å². The van der Waals surface area contributed by atoms with E-state index in [9.17, 15) is 9.90 Å². The number of anilines is 1. The number of carbonyl (C=O) groups is 1. The Morgan fingerprint density at radius 1 is 1.07 bits per heavy atom. The molecular weight excluding hydrogens is 711 g/mol. The molecule has 6 rings (SSSR count). The number of aldehydes is 1. The van der Waals surface area contributed by atoms with E-state index in [0.717, 1.165) is 6.29 Å². The van der Waals surface area contributed by atoms with Crippen molar-refractivity contribution in [3.63, 3.8) is 0 Å². The third kappa shape index (κ3) is 7.67. The van der Waals surface area contributed by atoms with Crippen LogP contribution in [0.3, 0.4) is 0 Å².